The van der Waals surface area contributed by atoms with E-state index in [0.717, 1.165) is 39.3 Å². The molecule has 7 heteroatoms. The highest BCUT2D eigenvalue weighted by Crippen LogP contribution is 2.23. The summed E-state index contributed by atoms with van der Waals surface area (Å²) < 4.78 is 5.33. The number of carbonyl (C=O) groups is 1. The Bertz CT molecular complexity index is 599. The topological polar surface area (TPSA) is 84.6 Å². The third kappa shape index (κ3) is 4.24. The van der Waals surface area contributed by atoms with E-state index < -0.39 is 6.10 Å². The second kappa shape index (κ2) is 8.12. The molecule has 7 nitrogen and oxygen atoms in total. The number of benzene rings is 1. The van der Waals surface area contributed by atoms with Gasteiger partial charge in [-0.25, -0.2) is 0 Å². The number of hydrogen-bond donors (Lipinski definition) is 3. The predicted octanol–water partition coefficient (Wildman–Crippen LogP) is -0.693. The number of nitrogens with one attached hydrogen (secondary N) is 2. The third-order valence-corrected chi connectivity index (χ3v) is 4.38. The maximum absolute atomic E-state index is 12.2. The van der Waals surface area contributed by atoms with E-state index in [0.29, 0.717) is 24.2 Å². The monoisotopic (exact) mass is 334 g/mol. The van der Waals surface area contributed by atoms with Gasteiger partial charge in [-0.15, -0.1) is 0 Å². The fraction of sp³-hybridized carbons (Fsp3) is 0.529. The molecule has 3 rings (SSSR count). The van der Waals surface area contributed by atoms with Crippen molar-refractivity contribution in [1.29, 1.82) is 0 Å². The Balaban J connectivity index is 1.38. The molecule has 0 aliphatic carbocycles. The van der Waals surface area contributed by atoms with Gasteiger partial charge in [0, 0.05) is 24.9 Å². The number of amides is 1. The van der Waals surface area contributed by atoms with Gasteiger partial charge in [-0.1, -0.05) is 17.3 Å². The molecule has 2 heterocycles. The standard InChI is InChI=1S/C17H23N3O4/c21-15-5-2-1-4-13(15)14-12-16(24-19-14)17(22)18-6-3-7-20-8-10-23-11-9-20/h1-2,4-5,16,21H,3,6-12H2,(H,18,22)/p+1/t16-/m0/s1. The van der Waals surface area contributed by atoms with Crippen LogP contribution in [0.15, 0.2) is 29.4 Å². The molecule has 1 atom stereocenters. The van der Waals surface area contributed by atoms with Crippen molar-refractivity contribution in [1.82, 2.24) is 5.32 Å². The molecule has 1 aromatic carbocycles. The number of quaternary nitrogens is 1. The Kier molecular flexibility index (Phi) is 5.66. The SMILES string of the molecule is O=C(NCCC[NH+]1CCOCC1)[C@@H]1CC(c2ccccc2O)=NO1. The summed E-state index contributed by atoms with van der Waals surface area (Å²) in [4.78, 5) is 18.9. The van der Waals surface area contributed by atoms with E-state index in [9.17, 15) is 9.90 Å². The zero-order chi connectivity index (χ0) is 16.8. The van der Waals surface area contributed by atoms with Gasteiger partial charge in [0.1, 0.15) is 18.8 Å². The maximum Gasteiger partial charge on any atom is 0.264 e. The van der Waals surface area contributed by atoms with Crippen molar-refractivity contribution in [2.45, 2.75) is 18.9 Å². The largest absolute Gasteiger partial charge is 0.507 e. The highest BCUT2D eigenvalue weighted by molar-refractivity contribution is 6.05. The van der Waals surface area contributed by atoms with E-state index in [-0.39, 0.29) is 11.7 Å². The van der Waals surface area contributed by atoms with E-state index >= 15 is 0 Å². The molecule has 1 amide bonds. The normalized spacial score (nSPS) is 21.2. The molecule has 3 N–H and O–H groups in total. The summed E-state index contributed by atoms with van der Waals surface area (Å²) in [6.45, 7) is 5.40. The molecule has 0 radical (unpaired) electrons. The van der Waals surface area contributed by atoms with E-state index in [4.69, 9.17) is 9.57 Å². The van der Waals surface area contributed by atoms with Crippen LogP contribution in [0.4, 0.5) is 0 Å². The van der Waals surface area contributed by atoms with Gasteiger partial charge in [0.05, 0.1) is 25.5 Å². The van der Waals surface area contributed by atoms with Crippen LogP contribution in [0, 0.1) is 0 Å². The first-order chi connectivity index (χ1) is 11.7. The van der Waals surface area contributed by atoms with Gasteiger partial charge in [-0.05, 0) is 12.1 Å². The van der Waals surface area contributed by atoms with Crippen LogP contribution in [0.25, 0.3) is 0 Å². The number of phenolic OH excluding ortho intramolecular Hbond substituents is 1. The maximum atomic E-state index is 12.2. The van der Waals surface area contributed by atoms with Gasteiger partial charge in [0.25, 0.3) is 5.91 Å². The van der Waals surface area contributed by atoms with Crippen LogP contribution < -0.4 is 10.2 Å². The summed E-state index contributed by atoms with van der Waals surface area (Å²) in [5.74, 6) is -0.00413. The van der Waals surface area contributed by atoms with Crippen LogP contribution in [0.5, 0.6) is 5.75 Å². The second-order valence-electron chi connectivity index (χ2n) is 6.11. The molecular weight excluding hydrogens is 310 g/mol. The number of ether oxygens (including phenoxy) is 1. The average molecular weight is 334 g/mol. The molecule has 2 aliphatic rings. The lowest BCUT2D eigenvalue weighted by atomic mass is 10.0. The Labute approximate surface area is 141 Å². The molecule has 0 saturated carbocycles. The number of rotatable bonds is 6. The van der Waals surface area contributed by atoms with E-state index in [1.54, 1.807) is 18.2 Å². The fourth-order valence-electron chi connectivity index (χ4n) is 2.97. The number of para-hydroxylation sites is 1. The molecule has 0 spiro atoms. The number of oxime groups is 1. The third-order valence-electron chi connectivity index (χ3n) is 4.38. The number of carbonyl (C=O) groups excluding carboxylic acids is 1. The lowest BCUT2D eigenvalue weighted by Gasteiger charge is -2.23. The van der Waals surface area contributed by atoms with Gasteiger partial charge in [-0.2, -0.15) is 0 Å². The number of morpholine rings is 1. The lowest BCUT2D eigenvalue weighted by molar-refractivity contribution is -0.908. The summed E-state index contributed by atoms with van der Waals surface area (Å²) in [7, 11) is 0. The number of aromatic hydroxyl groups is 1. The van der Waals surface area contributed by atoms with Crippen LogP contribution >= 0.6 is 0 Å². The van der Waals surface area contributed by atoms with Crippen LogP contribution in [0.1, 0.15) is 18.4 Å². The van der Waals surface area contributed by atoms with Crippen molar-refractivity contribution in [3.8, 4) is 5.75 Å². The molecule has 2 aliphatic heterocycles. The van der Waals surface area contributed by atoms with Crippen LogP contribution in [-0.4, -0.2) is 62.2 Å². The summed E-state index contributed by atoms with van der Waals surface area (Å²) in [6, 6.07) is 6.93. The van der Waals surface area contributed by atoms with Gasteiger partial charge in [-0.3, -0.25) is 4.79 Å². The van der Waals surface area contributed by atoms with Crippen molar-refractivity contribution >= 4 is 11.6 Å². The van der Waals surface area contributed by atoms with Crippen molar-refractivity contribution in [3.05, 3.63) is 29.8 Å². The van der Waals surface area contributed by atoms with Crippen LogP contribution in [0.2, 0.25) is 0 Å². The Morgan fingerprint density at radius 1 is 1.33 bits per heavy atom. The van der Waals surface area contributed by atoms with Crippen LogP contribution in [0.3, 0.4) is 0 Å². The zero-order valence-electron chi connectivity index (χ0n) is 13.7. The first-order valence-corrected chi connectivity index (χ1v) is 8.44. The van der Waals surface area contributed by atoms with Crippen LogP contribution in [-0.2, 0) is 14.4 Å². The average Bonchev–Trinajstić information content (AvgIpc) is 3.10. The predicted molar refractivity (Wildman–Crippen MR) is 88.1 cm³/mol. The minimum atomic E-state index is -0.615. The molecule has 1 aromatic rings. The Hall–Kier alpha value is -2.12. The Morgan fingerprint density at radius 3 is 2.92 bits per heavy atom. The van der Waals surface area contributed by atoms with Gasteiger partial charge < -0.3 is 24.9 Å². The molecule has 0 bridgehead atoms. The van der Waals surface area contributed by atoms with Crippen molar-refractivity contribution < 1.29 is 24.4 Å². The molecule has 1 saturated heterocycles. The van der Waals surface area contributed by atoms with E-state index in [1.807, 2.05) is 6.07 Å². The zero-order valence-corrected chi connectivity index (χ0v) is 13.7. The molecular formula is C17H24N3O4+. The smallest absolute Gasteiger partial charge is 0.264 e. The van der Waals surface area contributed by atoms with Crippen molar-refractivity contribution in [3.63, 3.8) is 0 Å². The van der Waals surface area contributed by atoms with Gasteiger partial charge in [0.2, 0.25) is 6.10 Å². The number of hydrogen-bond acceptors (Lipinski definition) is 5. The molecule has 1 fully saturated rings. The molecule has 0 aromatic heterocycles. The number of nitrogens with zero attached hydrogens (tertiary/aromatic N) is 1. The summed E-state index contributed by atoms with van der Waals surface area (Å²) in [5, 5.41) is 16.7. The highest BCUT2D eigenvalue weighted by Gasteiger charge is 2.29. The molecule has 130 valence electrons. The number of phenols is 1. The summed E-state index contributed by atoms with van der Waals surface area (Å²) in [6.07, 6.45) is 0.689. The van der Waals surface area contributed by atoms with E-state index in [1.165, 1.54) is 4.90 Å². The minimum absolute atomic E-state index is 0.148. The van der Waals surface area contributed by atoms with Gasteiger partial charge >= 0.3 is 0 Å². The molecule has 24 heavy (non-hydrogen) atoms. The second-order valence-corrected chi connectivity index (χ2v) is 6.11. The highest BCUT2D eigenvalue weighted by atomic mass is 16.6. The lowest BCUT2D eigenvalue weighted by Crippen LogP contribution is -3.14. The minimum Gasteiger partial charge on any atom is -0.507 e. The van der Waals surface area contributed by atoms with E-state index in [2.05, 4.69) is 10.5 Å². The van der Waals surface area contributed by atoms with Crippen molar-refractivity contribution in [2.75, 3.05) is 39.4 Å². The Morgan fingerprint density at radius 2 is 2.12 bits per heavy atom. The summed E-state index contributed by atoms with van der Waals surface area (Å²) >= 11 is 0. The van der Waals surface area contributed by atoms with Gasteiger partial charge in [0.15, 0.2) is 0 Å². The fourth-order valence-corrected chi connectivity index (χ4v) is 2.97. The first kappa shape index (κ1) is 16.7. The first-order valence-electron chi connectivity index (χ1n) is 8.44. The van der Waals surface area contributed by atoms with Crippen molar-refractivity contribution in [2.24, 2.45) is 5.16 Å². The molecule has 0 unspecified atom stereocenters. The summed E-state index contributed by atoms with van der Waals surface area (Å²) in [5.41, 5.74) is 1.22. The quantitative estimate of drug-likeness (QED) is 0.601.